The lowest BCUT2D eigenvalue weighted by atomic mass is 9.96. The van der Waals surface area contributed by atoms with Crippen LogP contribution in [0.25, 0.3) is 0 Å². The Morgan fingerprint density at radius 3 is 2.76 bits per heavy atom. The summed E-state index contributed by atoms with van der Waals surface area (Å²) in [5, 5.41) is 0. The smallest absolute Gasteiger partial charge is 0.0398 e. The van der Waals surface area contributed by atoms with Gasteiger partial charge in [0.2, 0.25) is 0 Å². The Labute approximate surface area is 105 Å². The van der Waals surface area contributed by atoms with Crippen molar-refractivity contribution in [3.8, 4) is 0 Å². The lowest BCUT2D eigenvalue weighted by Gasteiger charge is -2.11. The number of nitrogens with zero attached hydrogens (tertiary/aromatic N) is 1. The molecule has 0 aromatic rings. The third kappa shape index (κ3) is 2.64. The molecule has 0 bridgehead atoms. The minimum absolute atomic E-state index is 0.837. The summed E-state index contributed by atoms with van der Waals surface area (Å²) in [4.78, 5) is 4.92. The van der Waals surface area contributed by atoms with Crippen LogP contribution in [0.15, 0.2) is 16.8 Å². The molecule has 1 heterocycles. The summed E-state index contributed by atoms with van der Waals surface area (Å²) in [5.41, 5.74) is 2.97. The topological polar surface area (TPSA) is 12.4 Å². The Kier molecular flexibility index (Phi) is 3.35. The highest BCUT2D eigenvalue weighted by atomic mass is 14.8. The van der Waals surface area contributed by atoms with E-state index in [1.165, 1.54) is 69.2 Å². The van der Waals surface area contributed by atoms with Crippen LogP contribution in [0.3, 0.4) is 0 Å². The van der Waals surface area contributed by atoms with Gasteiger partial charge >= 0.3 is 0 Å². The fourth-order valence-electron chi connectivity index (χ4n) is 3.49. The van der Waals surface area contributed by atoms with Crippen LogP contribution in [-0.2, 0) is 0 Å². The Morgan fingerprint density at radius 1 is 1.18 bits per heavy atom. The monoisotopic (exact) mass is 231 g/mol. The summed E-state index contributed by atoms with van der Waals surface area (Å²) in [5.74, 6) is 2.70. The Hall–Kier alpha value is -0.590. The van der Waals surface area contributed by atoms with Gasteiger partial charge in [-0.15, -0.1) is 0 Å². The summed E-state index contributed by atoms with van der Waals surface area (Å²) in [7, 11) is 0. The molecule has 94 valence electrons. The van der Waals surface area contributed by atoms with Crippen LogP contribution in [-0.4, -0.2) is 5.71 Å². The molecule has 2 unspecified atom stereocenters. The van der Waals surface area contributed by atoms with E-state index in [0.29, 0.717) is 0 Å². The van der Waals surface area contributed by atoms with Crippen molar-refractivity contribution in [2.75, 3.05) is 0 Å². The molecule has 1 heteroatoms. The van der Waals surface area contributed by atoms with Gasteiger partial charge in [0.05, 0.1) is 0 Å². The van der Waals surface area contributed by atoms with Crippen LogP contribution in [0, 0.1) is 17.8 Å². The number of hydrogen-bond donors (Lipinski definition) is 0. The highest BCUT2D eigenvalue weighted by molar-refractivity contribution is 5.91. The molecule has 2 saturated carbocycles. The van der Waals surface area contributed by atoms with Crippen LogP contribution in [0.1, 0.15) is 64.7 Å². The zero-order chi connectivity index (χ0) is 11.7. The largest absolute Gasteiger partial charge is 0.262 e. The molecular weight excluding hydrogens is 206 g/mol. The average Bonchev–Trinajstić information content (AvgIpc) is 2.92. The van der Waals surface area contributed by atoms with Crippen LogP contribution in [0.5, 0.6) is 0 Å². The van der Waals surface area contributed by atoms with Crippen molar-refractivity contribution >= 4 is 5.71 Å². The summed E-state index contributed by atoms with van der Waals surface area (Å²) < 4.78 is 0. The average molecular weight is 231 g/mol. The van der Waals surface area contributed by atoms with E-state index in [0.717, 1.165) is 17.8 Å². The standard InChI is InChI=1S/C16H25N/c1-2-3-4-12-5-6-14(11-12)16-10-9-15(17-16)13-7-8-13/h9,12-14H,2-8,10-11H2,1H3. The van der Waals surface area contributed by atoms with Gasteiger partial charge in [0.25, 0.3) is 0 Å². The van der Waals surface area contributed by atoms with Crippen molar-refractivity contribution in [1.82, 2.24) is 0 Å². The maximum absolute atomic E-state index is 4.92. The highest BCUT2D eigenvalue weighted by Gasteiger charge is 2.32. The van der Waals surface area contributed by atoms with Crippen LogP contribution < -0.4 is 0 Å². The third-order valence-electron chi connectivity index (χ3n) is 4.77. The molecule has 2 aliphatic carbocycles. The van der Waals surface area contributed by atoms with E-state index in [-0.39, 0.29) is 0 Å². The molecular formula is C16H25N. The van der Waals surface area contributed by atoms with Crippen molar-refractivity contribution in [2.45, 2.75) is 64.7 Å². The first kappa shape index (κ1) is 11.5. The lowest BCUT2D eigenvalue weighted by Crippen LogP contribution is -2.09. The summed E-state index contributed by atoms with van der Waals surface area (Å²) >= 11 is 0. The first-order valence-corrected chi connectivity index (χ1v) is 7.64. The minimum Gasteiger partial charge on any atom is -0.262 e. The molecule has 0 amide bonds. The maximum Gasteiger partial charge on any atom is 0.0398 e. The molecule has 0 N–H and O–H groups in total. The second-order valence-electron chi connectivity index (χ2n) is 6.23. The molecule has 0 aromatic heterocycles. The van der Waals surface area contributed by atoms with Crippen molar-refractivity contribution < 1.29 is 0 Å². The molecule has 3 aliphatic rings. The van der Waals surface area contributed by atoms with Gasteiger partial charge in [-0.1, -0.05) is 32.3 Å². The molecule has 2 atom stereocenters. The molecule has 0 aromatic carbocycles. The van der Waals surface area contributed by atoms with E-state index in [9.17, 15) is 0 Å². The fraction of sp³-hybridized carbons (Fsp3) is 0.812. The van der Waals surface area contributed by atoms with Gasteiger partial charge in [-0.3, -0.25) is 4.99 Å². The first-order chi connectivity index (χ1) is 8.36. The lowest BCUT2D eigenvalue weighted by molar-refractivity contribution is 0.473. The van der Waals surface area contributed by atoms with E-state index < -0.39 is 0 Å². The Bertz CT molecular complexity index is 335. The van der Waals surface area contributed by atoms with Gasteiger partial charge in [-0.05, 0) is 43.9 Å². The van der Waals surface area contributed by atoms with Gasteiger partial charge in [-0.25, -0.2) is 0 Å². The van der Waals surface area contributed by atoms with Crippen molar-refractivity contribution in [3.63, 3.8) is 0 Å². The molecule has 0 radical (unpaired) electrons. The fourth-order valence-corrected chi connectivity index (χ4v) is 3.49. The molecule has 0 spiro atoms. The molecule has 2 fully saturated rings. The first-order valence-electron chi connectivity index (χ1n) is 7.64. The predicted molar refractivity (Wildman–Crippen MR) is 73.2 cm³/mol. The normalized spacial score (nSPS) is 32.8. The Balaban J connectivity index is 1.52. The molecule has 3 rings (SSSR count). The van der Waals surface area contributed by atoms with Crippen molar-refractivity contribution in [1.29, 1.82) is 0 Å². The van der Waals surface area contributed by atoms with Crippen LogP contribution in [0.2, 0.25) is 0 Å². The van der Waals surface area contributed by atoms with Gasteiger partial charge in [0, 0.05) is 23.7 Å². The second kappa shape index (κ2) is 4.96. The quantitative estimate of drug-likeness (QED) is 0.648. The number of allylic oxidation sites excluding steroid dienone is 2. The van der Waals surface area contributed by atoms with Crippen LogP contribution in [0.4, 0.5) is 0 Å². The maximum atomic E-state index is 4.92. The van der Waals surface area contributed by atoms with Crippen molar-refractivity contribution in [3.05, 3.63) is 11.8 Å². The molecule has 17 heavy (non-hydrogen) atoms. The number of hydrogen-bond acceptors (Lipinski definition) is 1. The number of rotatable bonds is 5. The predicted octanol–water partition coefficient (Wildman–Crippen LogP) is 4.73. The SMILES string of the molecule is CCCCC1CCC(C2=NC(C3CC3)=CC2)C1. The summed E-state index contributed by atoms with van der Waals surface area (Å²) in [6.07, 6.45) is 14.9. The molecule has 1 nitrogen and oxygen atoms in total. The van der Waals surface area contributed by atoms with Gasteiger partial charge in [-0.2, -0.15) is 0 Å². The minimum atomic E-state index is 0.837. The van der Waals surface area contributed by atoms with E-state index in [1.54, 1.807) is 0 Å². The van der Waals surface area contributed by atoms with E-state index in [2.05, 4.69) is 13.0 Å². The van der Waals surface area contributed by atoms with E-state index in [1.807, 2.05) is 0 Å². The van der Waals surface area contributed by atoms with Crippen molar-refractivity contribution in [2.24, 2.45) is 22.7 Å². The van der Waals surface area contributed by atoms with Gasteiger partial charge in [0.1, 0.15) is 0 Å². The second-order valence-corrected chi connectivity index (χ2v) is 6.23. The zero-order valence-electron chi connectivity index (χ0n) is 11.1. The number of aliphatic imine (C=N–C) groups is 1. The third-order valence-corrected chi connectivity index (χ3v) is 4.77. The van der Waals surface area contributed by atoms with Crippen LogP contribution >= 0.6 is 0 Å². The summed E-state index contributed by atoms with van der Waals surface area (Å²) in [6, 6.07) is 0. The van der Waals surface area contributed by atoms with Gasteiger partial charge < -0.3 is 0 Å². The van der Waals surface area contributed by atoms with E-state index >= 15 is 0 Å². The Morgan fingerprint density at radius 2 is 2.00 bits per heavy atom. The summed E-state index contributed by atoms with van der Waals surface area (Å²) in [6.45, 7) is 2.30. The highest BCUT2D eigenvalue weighted by Crippen LogP contribution is 2.42. The molecule has 0 saturated heterocycles. The number of unbranched alkanes of at least 4 members (excludes halogenated alkanes) is 1. The zero-order valence-corrected chi connectivity index (χ0v) is 11.1. The van der Waals surface area contributed by atoms with E-state index in [4.69, 9.17) is 4.99 Å². The molecule has 1 aliphatic heterocycles. The van der Waals surface area contributed by atoms with Gasteiger partial charge in [0.15, 0.2) is 0 Å².